The number of thioether (sulfide) groups is 1. The van der Waals surface area contributed by atoms with E-state index in [1.165, 1.54) is 11.8 Å². The zero-order valence-electron chi connectivity index (χ0n) is 14.2. The lowest BCUT2D eigenvalue weighted by Gasteiger charge is -2.17. The molecule has 2 rings (SSSR count). The highest BCUT2D eigenvalue weighted by atomic mass is 32.2. The molecule has 0 spiro atoms. The van der Waals surface area contributed by atoms with Crippen molar-refractivity contribution in [2.75, 3.05) is 5.75 Å². The normalized spacial score (nSPS) is 12.4. The van der Waals surface area contributed by atoms with Gasteiger partial charge in [0.1, 0.15) is 0 Å². The maximum atomic E-state index is 12.0. The molecule has 2 aromatic rings. The second-order valence-electron chi connectivity index (χ2n) is 6.00. The van der Waals surface area contributed by atoms with Gasteiger partial charge in [-0.15, -0.1) is 5.10 Å². The molecule has 1 aromatic carbocycles. The van der Waals surface area contributed by atoms with Crippen molar-refractivity contribution in [2.24, 2.45) is 5.92 Å². The number of carbonyl (C=O) groups is 1. The van der Waals surface area contributed by atoms with E-state index in [4.69, 9.17) is 0 Å². The van der Waals surface area contributed by atoms with Crippen molar-refractivity contribution < 1.29 is 4.79 Å². The largest absolute Gasteiger partial charge is 0.353 e. The van der Waals surface area contributed by atoms with E-state index in [0.29, 0.717) is 16.8 Å². The lowest BCUT2D eigenvalue weighted by Crippen LogP contribution is -2.37. The van der Waals surface area contributed by atoms with E-state index >= 15 is 0 Å². The molecule has 6 nitrogen and oxygen atoms in total. The van der Waals surface area contributed by atoms with Crippen LogP contribution < -0.4 is 5.32 Å². The molecule has 0 saturated heterocycles. The molecule has 1 amide bonds. The number of para-hydroxylation sites is 1. The van der Waals surface area contributed by atoms with Crippen molar-refractivity contribution in [3.05, 3.63) is 29.3 Å². The molecule has 0 fully saturated rings. The van der Waals surface area contributed by atoms with Crippen LogP contribution in [0.4, 0.5) is 0 Å². The molecule has 0 radical (unpaired) electrons. The highest BCUT2D eigenvalue weighted by molar-refractivity contribution is 7.99. The maximum absolute atomic E-state index is 12.0. The summed E-state index contributed by atoms with van der Waals surface area (Å²) >= 11 is 1.34. The molecule has 0 aliphatic carbocycles. The van der Waals surface area contributed by atoms with Gasteiger partial charge >= 0.3 is 0 Å². The van der Waals surface area contributed by atoms with Gasteiger partial charge < -0.3 is 5.32 Å². The van der Waals surface area contributed by atoms with Crippen molar-refractivity contribution in [2.45, 2.75) is 45.8 Å². The second-order valence-corrected chi connectivity index (χ2v) is 6.95. The maximum Gasteiger partial charge on any atom is 0.230 e. The fourth-order valence-electron chi connectivity index (χ4n) is 2.14. The van der Waals surface area contributed by atoms with E-state index in [9.17, 15) is 4.79 Å². The Hall–Kier alpha value is -1.89. The molecule has 23 heavy (non-hydrogen) atoms. The summed E-state index contributed by atoms with van der Waals surface area (Å²) in [4.78, 5) is 12.0. The minimum Gasteiger partial charge on any atom is -0.353 e. The molecule has 1 N–H and O–H groups in total. The van der Waals surface area contributed by atoms with Crippen molar-refractivity contribution in [3.63, 3.8) is 0 Å². The summed E-state index contributed by atoms with van der Waals surface area (Å²) in [5.74, 6) is 0.693. The number of rotatable bonds is 6. The van der Waals surface area contributed by atoms with Crippen LogP contribution in [-0.4, -0.2) is 37.9 Å². The smallest absolute Gasteiger partial charge is 0.230 e. The van der Waals surface area contributed by atoms with Gasteiger partial charge in [0.15, 0.2) is 0 Å². The highest BCUT2D eigenvalue weighted by Gasteiger charge is 2.16. The van der Waals surface area contributed by atoms with Crippen LogP contribution in [0.5, 0.6) is 0 Å². The molecule has 0 aliphatic heterocycles. The van der Waals surface area contributed by atoms with Gasteiger partial charge in [0, 0.05) is 6.04 Å². The number of carbonyl (C=O) groups excluding carboxylic acids is 1. The molecule has 0 aliphatic rings. The van der Waals surface area contributed by atoms with Crippen LogP contribution in [0.2, 0.25) is 0 Å². The third-order valence-electron chi connectivity index (χ3n) is 3.81. The van der Waals surface area contributed by atoms with Crippen LogP contribution in [0.3, 0.4) is 0 Å². The Morgan fingerprint density at radius 3 is 2.52 bits per heavy atom. The lowest BCUT2D eigenvalue weighted by molar-refractivity contribution is -0.119. The predicted molar refractivity (Wildman–Crippen MR) is 91.8 cm³/mol. The topological polar surface area (TPSA) is 72.7 Å². The first-order valence-corrected chi connectivity index (χ1v) is 8.65. The number of amides is 1. The Morgan fingerprint density at radius 1 is 1.26 bits per heavy atom. The van der Waals surface area contributed by atoms with Crippen LogP contribution in [0.1, 0.15) is 31.9 Å². The first-order chi connectivity index (χ1) is 10.9. The molecule has 124 valence electrons. The minimum atomic E-state index is -0.00717. The summed E-state index contributed by atoms with van der Waals surface area (Å²) in [6.45, 7) is 10.2. The Bertz CT molecular complexity index is 663. The van der Waals surface area contributed by atoms with E-state index in [1.807, 2.05) is 39.0 Å². The summed E-state index contributed by atoms with van der Waals surface area (Å²) in [5, 5.41) is 15.5. The van der Waals surface area contributed by atoms with E-state index < -0.39 is 0 Å². The molecule has 7 heteroatoms. The van der Waals surface area contributed by atoms with Gasteiger partial charge in [-0.3, -0.25) is 4.79 Å². The van der Waals surface area contributed by atoms with E-state index in [2.05, 4.69) is 34.7 Å². The number of hydrogen-bond acceptors (Lipinski definition) is 5. The summed E-state index contributed by atoms with van der Waals surface area (Å²) in [6, 6.07) is 6.20. The molecule has 1 aromatic heterocycles. The minimum absolute atomic E-state index is 0.00717. The van der Waals surface area contributed by atoms with Crippen molar-refractivity contribution >= 4 is 17.7 Å². The zero-order valence-corrected chi connectivity index (χ0v) is 15.0. The van der Waals surface area contributed by atoms with E-state index in [1.54, 1.807) is 4.68 Å². The van der Waals surface area contributed by atoms with Gasteiger partial charge in [-0.05, 0) is 48.2 Å². The van der Waals surface area contributed by atoms with E-state index in [0.717, 1.165) is 16.8 Å². The fraction of sp³-hybridized carbons (Fsp3) is 0.500. The Balaban J connectivity index is 2.09. The van der Waals surface area contributed by atoms with Crippen LogP contribution in [0, 0.1) is 19.8 Å². The number of hydrogen-bond donors (Lipinski definition) is 1. The second kappa shape index (κ2) is 7.59. The SMILES string of the molecule is Cc1cccc(C)c1-n1nnnc1SCC(=O)N[C@H](C)C(C)C. The quantitative estimate of drug-likeness (QED) is 0.823. The van der Waals surface area contributed by atoms with Crippen LogP contribution in [-0.2, 0) is 4.79 Å². The lowest BCUT2D eigenvalue weighted by atomic mass is 10.1. The Labute approximate surface area is 141 Å². The Morgan fingerprint density at radius 2 is 1.91 bits per heavy atom. The summed E-state index contributed by atoms with van der Waals surface area (Å²) in [6.07, 6.45) is 0. The fourth-order valence-corrected chi connectivity index (χ4v) is 2.83. The van der Waals surface area contributed by atoms with Gasteiger partial charge in [0.25, 0.3) is 0 Å². The number of benzene rings is 1. The molecule has 0 saturated carbocycles. The monoisotopic (exact) mass is 333 g/mol. The third kappa shape index (κ3) is 4.31. The summed E-state index contributed by atoms with van der Waals surface area (Å²) in [7, 11) is 0. The van der Waals surface area contributed by atoms with Crippen LogP contribution in [0.15, 0.2) is 23.4 Å². The predicted octanol–water partition coefficient (Wildman–Crippen LogP) is 2.53. The third-order valence-corrected chi connectivity index (χ3v) is 4.73. The number of nitrogens with one attached hydrogen (secondary N) is 1. The van der Waals surface area contributed by atoms with Gasteiger partial charge in [-0.25, -0.2) is 0 Å². The molecular weight excluding hydrogens is 310 g/mol. The first-order valence-electron chi connectivity index (χ1n) is 7.67. The average Bonchev–Trinajstić information content (AvgIpc) is 2.93. The van der Waals surface area contributed by atoms with Crippen molar-refractivity contribution in [3.8, 4) is 5.69 Å². The van der Waals surface area contributed by atoms with E-state index in [-0.39, 0.29) is 11.9 Å². The molecular formula is C16H23N5OS. The standard InChI is InChI=1S/C16H23N5OS/c1-10(2)13(5)17-14(22)9-23-16-18-19-20-21(16)15-11(3)7-6-8-12(15)4/h6-8,10,13H,9H2,1-5H3,(H,17,22)/t13-/m1/s1. The van der Waals surface area contributed by atoms with Crippen molar-refractivity contribution in [1.82, 2.24) is 25.5 Å². The number of aromatic nitrogens is 4. The van der Waals surface area contributed by atoms with Crippen LogP contribution in [0.25, 0.3) is 5.69 Å². The Kier molecular flexibility index (Phi) is 5.76. The average molecular weight is 333 g/mol. The van der Waals surface area contributed by atoms with Crippen molar-refractivity contribution in [1.29, 1.82) is 0 Å². The van der Waals surface area contributed by atoms with Gasteiger partial charge in [0.05, 0.1) is 11.4 Å². The number of nitrogens with zero attached hydrogens (tertiary/aromatic N) is 4. The number of tetrazole rings is 1. The van der Waals surface area contributed by atoms with Crippen LogP contribution >= 0.6 is 11.8 Å². The van der Waals surface area contributed by atoms with Gasteiger partial charge in [-0.1, -0.05) is 43.8 Å². The summed E-state index contributed by atoms with van der Waals surface area (Å²) in [5.41, 5.74) is 3.16. The molecule has 1 atom stereocenters. The van der Waals surface area contributed by atoms with Gasteiger partial charge in [-0.2, -0.15) is 4.68 Å². The zero-order chi connectivity index (χ0) is 17.0. The molecule has 0 unspecified atom stereocenters. The van der Waals surface area contributed by atoms with Gasteiger partial charge in [0.2, 0.25) is 11.1 Å². The first kappa shape index (κ1) is 17.5. The number of aryl methyl sites for hydroxylation is 2. The molecule has 1 heterocycles. The highest BCUT2D eigenvalue weighted by Crippen LogP contribution is 2.23. The summed E-state index contributed by atoms with van der Waals surface area (Å²) < 4.78 is 1.70. The molecule has 0 bridgehead atoms.